The van der Waals surface area contributed by atoms with Gasteiger partial charge in [0.2, 0.25) is 0 Å². The van der Waals surface area contributed by atoms with Crippen LogP contribution in [0.5, 0.6) is 0 Å². The van der Waals surface area contributed by atoms with Crippen LogP contribution in [0.3, 0.4) is 0 Å². The van der Waals surface area contributed by atoms with Crippen LogP contribution in [0.1, 0.15) is 56.2 Å². The molecule has 0 atom stereocenters. The fourth-order valence-corrected chi connectivity index (χ4v) is 5.21. The standard InChI is InChI=1S/C24H32F4NO3PS/c1-23(2,19-7-9-20(25)10-8-19)12-3-4-15-34-22-11-6-18(16-21(22)24(26,27)28)17-29-13-5-14-33(30,31)32/h6-11,16,29H,3-5,12-15,17H2,1-2H3,(H2,30,31,32). The van der Waals surface area contributed by atoms with Gasteiger partial charge < -0.3 is 15.1 Å². The number of unbranched alkanes of at least 4 members (excludes halogenated alkanes) is 1. The number of alkyl halides is 3. The molecule has 2 rings (SSSR count). The lowest BCUT2D eigenvalue weighted by atomic mass is 9.80. The highest BCUT2D eigenvalue weighted by Crippen LogP contribution is 2.38. The van der Waals surface area contributed by atoms with E-state index in [4.69, 9.17) is 9.79 Å². The van der Waals surface area contributed by atoms with Crippen molar-refractivity contribution in [2.75, 3.05) is 18.5 Å². The van der Waals surface area contributed by atoms with E-state index in [-0.39, 0.29) is 35.3 Å². The minimum Gasteiger partial charge on any atom is -0.324 e. The first kappa shape index (κ1) is 28.9. The Morgan fingerprint density at radius 1 is 1.00 bits per heavy atom. The molecule has 0 aromatic heterocycles. The van der Waals surface area contributed by atoms with Gasteiger partial charge >= 0.3 is 13.8 Å². The van der Waals surface area contributed by atoms with Gasteiger partial charge in [0.05, 0.1) is 11.7 Å². The molecule has 2 aromatic rings. The van der Waals surface area contributed by atoms with Crippen molar-refractivity contribution in [2.45, 2.75) is 62.6 Å². The average molecular weight is 522 g/mol. The molecule has 2 aromatic carbocycles. The van der Waals surface area contributed by atoms with E-state index in [2.05, 4.69) is 19.2 Å². The Hall–Kier alpha value is -1.38. The molecule has 10 heteroatoms. The third-order valence-corrected chi connectivity index (χ3v) is 7.62. The predicted octanol–water partition coefficient (Wildman–Crippen LogP) is 6.74. The zero-order valence-corrected chi connectivity index (χ0v) is 21.1. The van der Waals surface area contributed by atoms with Crippen LogP contribution in [0.2, 0.25) is 0 Å². The maximum Gasteiger partial charge on any atom is 0.417 e. The molecule has 34 heavy (non-hydrogen) atoms. The Labute approximate surface area is 202 Å². The summed E-state index contributed by atoms with van der Waals surface area (Å²) in [6, 6.07) is 10.7. The zero-order valence-electron chi connectivity index (χ0n) is 19.4. The van der Waals surface area contributed by atoms with E-state index in [1.807, 2.05) is 0 Å². The molecular weight excluding hydrogens is 489 g/mol. The number of hydrogen-bond donors (Lipinski definition) is 3. The van der Waals surface area contributed by atoms with Gasteiger partial charge in [0.25, 0.3) is 0 Å². The van der Waals surface area contributed by atoms with E-state index >= 15 is 0 Å². The highest BCUT2D eigenvalue weighted by Gasteiger charge is 2.33. The topological polar surface area (TPSA) is 69.6 Å². The molecule has 0 aliphatic heterocycles. The van der Waals surface area contributed by atoms with E-state index in [1.54, 1.807) is 18.2 Å². The summed E-state index contributed by atoms with van der Waals surface area (Å²) in [6.45, 7) is 4.65. The first-order chi connectivity index (χ1) is 15.8. The molecule has 0 saturated heterocycles. The first-order valence-corrected chi connectivity index (χ1v) is 13.9. The van der Waals surface area contributed by atoms with Crippen LogP contribution >= 0.6 is 19.4 Å². The van der Waals surface area contributed by atoms with Crippen molar-refractivity contribution in [2.24, 2.45) is 0 Å². The number of halogens is 4. The Morgan fingerprint density at radius 2 is 1.68 bits per heavy atom. The third-order valence-electron chi connectivity index (χ3n) is 5.56. The molecule has 0 unspecified atom stereocenters. The Bertz CT molecular complexity index is 962. The molecule has 4 nitrogen and oxygen atoms in total. The number of rotatable bonds is 13. The van der Waals surface area contributed by atoms with Crippen LogP contribution in [-0.2, 0) is 22.7 Å². The summed E-state index contributed by atoms with van der Waals surface area (Å²) in [5.74, 6) is 0.279. The maximum absolute atomic E-state index is 13.6. The van der Waals surface area contributed by atoms with Gasteiger partial charge in [-0.15, -0.1) is 11.8 Å². The minimum absolute atomic E-state index is 0.143. The summed E-state index contributed by atoms with van der Waals surface area (Å²) >= 11 is 1.19. The van der Waals surface area contributed by atoms with Gasteiger partial charge in [-0.3, -0.25) is 4.57 Å². The molecule has 3 N–H and O–H groups in total. The Balaban J connectivity index is 1.86. The summed E-state index contributed by atoms with van der Waals surface area (Å²) in [4.78, 5) is 17.9. The number of nitrogens with one attached hydrogen (secondary N) is 1. The van der Waals surface area contributed by atoms with Gasteiger partial charge in [-0.25, -0.2) is 4.39 Å². The fourth-order valence-electron chi connectivity index (χ4n) is 3.57. The fraction of sp³-hybridized carbons (Fsp3) is 0.500. The van der Waals surface area contributed by atoms with Crippen LogP contribution < -0.4 is 5.32 Å². The molecule has 0 saturated carbocycles. The van der Waals surface area contributed by atoms with Crippen LogP contribution in [0.4, 0.5) is 17.6 Å². The minimum atomic E-state index is -4.47. The second-order valence-electron chi connectivity index (χ2n) is 8.94. The lowest BCUT2D eigenvalue weighted by Crippen LogP contribution is -2.17. The summed E-state index contributed by atoms with van der Waals surface area (Å²) in [6.07, 6.45) is -2.04. The lowest BCUT2D eigenvalue weighted by Gasteiger charge is -2.25. The summed E-state index contributed by atoms with van der Waals surface area (Å²) in [5, 5.41) is 2.92. The van der Waals surface area contributed by atoms with Gasteiger partial charge in [0.1, 0.15) is 5.82 Å². The number of thioether (sulfide) groups is 1. The quantitative estimate of drug-likeness (QED) is 0.118. The average Bonchev–Trinajstić information content (AvgIpc) is 2.72. The number of benzene rings is 2. The largest absolute Gasteiger partial charge is 0.417 e. The van der Waals surface area contributed by atoms with E-state index in [1.165, 1.54) is 30.0 Å². The summed E-state index contributed by atoms with van der Waals surface area (Å²) in [7, 11) is -4.06. The van der Waals surface area contributed by atoms with Gasteiger partial charge in [-0.1, -0.05) is 38.5 Å². The molecule has 0 aliphatic carbocycles. The summed E-state index contributed by atoms with van der Waals surface area (Å²) < 4.78 is 64.8. The van der Waals surface area contributed by atoms with Crippen molar-refractivity contribution in [1.29, 1.82) is 0 Å². The van der Waals surface area contributed by atoms with Crippen LogP contribution in [-0.4, -0.2) is 28.2 Å². The highest BCUT2D eigenvalue weighted by molar-refractivity contribution is 7.99. The van der Waals surface area contributed by atoms with Crippen molar-refractivity contribution >= 4 is 19.4 Å². The van der Waals surface area contributed by atoms with E-state index in [0.29, 0.717) is 17.9 Å². The summed E-state index contributed by atoms with van der Waals surface area (Å²) in [5.41, 5.74) is 0.689. The molecule has 0 amide bonds. The van der Waals surface area contributed by atoms with Crippen molar-refractivity contribution < 1.29 is 31.9 Å². The molecular formula is C24H32F4NO3PS. The molecule has 0 heterocycles. The van der Waals surface area contributed by atoms with Crippen LogP contribution in [0.25, 0.3) is 0 Å². The van der Waals surface area contributed by atoms with Crippen molar-refractivity contribution in [3.63, 3.8) is 0 Å². The molecule has 0 fully saturated rings. The molecule has 190 valence electrons. The molecule has 0 spiro atoms. The second kappa shape index (κ2) is 12.5. The van der Waals surface area contributed by atoms with Gasteiger partial charge in [-0.2, -0.15) is 13.2 Å². The van der Waals surface area contributed by atoms with Gasteiger partial charge in [0, 0.05) is 11.4 Å². The molecule has 0 aliphatic rings. The van der Waals surface area contributed by atoms with Crippen LogP contribution in [0.15, 0.2) is 47.4 Å². The van der Waals surface area contributed by atoms with E-state index in [0.717, 1.165) is 30.9 Å². The normalized spacial score (nSPS) is 12.8. The second-order valence-corrected chi connectivity index (χ2v) is 11.9. The Kier molecular flexibility index (Phi) is 10.6. The van der Waals surface area contributed by atoms with Crippen molar-refractivity contribution in [3.05, 3.63) is 65.0 Å². The number of hydrogen-bond acceptors (Lipinski definition) is 3. The van der Waals surface area contributed by atoms with Crippen molar-refractivity contribution in [3.8, 4) is 0 Å². The smallest absolute Gasteiger partial charge is 0.324 e. The van der Waals surface area contributed by atoms with Crippen molar-refractivity contribution in [1.82, 2.24) is 5.32 Å². The lowest BCUT2D eigenvalue weighted by molar-refractivity contribution is -0.139. The van der Waals surface area contributed by atoms with E-state index in [9.17, 15) is 22.1 Å². The molecule has 0 radical (unpaired) electrons. The van der Waals surface area contributed by atoms with Crippen LogP contribution in [0, 0.1) is 5.82 Å². The predicted molar refractivity (Wildman–Crippen MR) is 129 cm³/mol. The van der Waals surface area contributed by atoms with Gasteiger partial charge in [0.15, 0.2) is 0 Å². The Morgan fingerprint density at radius 3 is 2.29 bits per heavy atom. The zero-order chi connectivity index (χ0) is 25.4. The molecule has 0 bridgehead atoms. The van der Waals surface area contributed by atoms with E-state index < -0.39 is 19.3 Å². The van der Waals surface area contributed by atoms with Gasteiger partial charge in [-0.05, 0) is 72.4 Å². The highest BCUT2D eigenvalue weighted by atomic mass is 32.2. The maximum atomic E-state index is 13.6. The third kappa shape index (κ3) is 10.1. The first-order valence-electron chi connectivity index (χ1n) is 11.1. The SMILES string of the molecule is CC(C)(CCCCSc1ccc(CNCCCP(=O)(O)O)cc1C(F)(F)F)c1ccc(F)cc1. The monoisotopic (exact) mass is 521 g/mol.